The first-order valence-electron chi connectivity index (χ1n) is 7.36. The van der Waals surface area contributed by atoms with Crippen LogP contribution in [0.5, 0.6) is 5.75 Å². The molecule has 2 aromatic rings. The molecule has 0 aliphatic heterocycles. The van der Waals surface area contributed by atoms with E-state index in [-0.39, 0.29) is 11.1 Å². The number of carboxylic acid groups (broad SMARTS) is 1. The van der Waals surface area contributed by atoms with Gasteiger partial charge in [-0.2, -0.15) is 0 Å². The van der Waals surface area contributed by atoms with Gasteiger partial charge in [-0.15, -0.1) is 11.3 Å². The molecule has 6 nitrogen and oxygen atoms in total. The van der Waals surface area contributed by atoms with Crippen LogP contribution in [-0.4, -0.2) is 29.1 Å². The van der Waals surface area contributed by atoms with Crippen molar-refractivity contribution in [2.75, 3.05) is 7.11 Å². The average Bonchev–Trinajstić information content (AvgIpc) is 3.02. The zero-order valence-corrected chi connectivity index (χ0v) is 14.8. The molecule has 0 fully saturated rings. The van der Waals surface area contributed by atoms with Crippen LogP contribution in [-0.2, 0) is 10.2 Å². The zero-order chi connectivity index (χ0) is 17.9. The van der Waals surface area contributed by atoms with Gasteiger partial charge in [-0.25, -0.2) is 9.78 Å². The Bertz CT molecular complexity index is 732. The van der Waals surface area contributed by atoms with E-state index in [2.05, 4.69) is 10.3 Å². The second kappa shape index (κ2) is 7.00. The summed E-state index contributed by atoms with van der Waals surface area (Å²) in [4.78, 5) is 28.2. The van der Waals surface area contributed by atoms with Crippen LogP contribution < -0.4 is 10.1 Å². The molecule has 2 N–H and O–H groups in total. The molecule has 0 radical (unpaired) electrons. The summed E-state index contributed by atoms with van der Waals surface area (Å²) < 4.78 is 5.05. The third-order valence-corrected chi connectivity index (χ3v) is 4.62. The Balaban J connectivity index is 2.19. The summed E-state index contributed by atoms with van der Waals surface area (Å²) in [5, 5.41) is 14.4. The molecule has 0 saturated heterocycles. The summed E-state index contributed by atoms with van der Waals surface area (Å²) in [6.07, 6.45) is 0. The number of amides is 1. The fourth-order valence-corrected chi connectivity index (χ4v) is 2.90. The lowest BCUT2D eigenvalue weighted by atomic mass is 9.98. The third-order valence-electron chi connectivity index (χ3n) is 3.35. The number of carboxylic acids is 1. The lowest BCUT2D eigenvalue weighted by molar-refractivity contribution is -0.139. The number of aliphatic carboxylic acids is 1. The topological polar surface area (TPSA) is 88.5 Å². The molecule has 0 aliphatic rings. The monoisotopic (exact) mass is 348 g/mol. The van der Waals surface area contributed by atoms with Crippen molar-refractivity contribution >= 4 is 23.2 Å². The number of methoxy groups -OCH3 is 1. The summed E-state index contributed by atoms with van der Waals surface area (Å²) in [7, 11) is 1.53. The number of ether oxygens (including phenoxy) is 1. The first kappa shape index (κ1) is 17.9. The molecule has 0 aliphatic carbocycles. The van der Waals surface area contributed by atoms with Crippen molar-refractivity contribution in [3.8, 4) is 5.75 Å². The van der Waals surface area contributed by atoms with E-state index in [1.807, 2.05) is 20.8 Å². The third kappa shape index (κ3) is 4.11. The number of nitrogens with zero attached hydrogens (tertiary/aromatic N) is 1. The first-order chi connectivity index (χ1) is 11.2. The van der Waals surface area contributed by atoms with Gasteiger partial charge < -0.3 is 15.2 Å². The number of rotatable bonds is 5. The molecule has 128 valence electrons. The minimum atomic E-state index is -1.15. The molecular weight excluding hydrogens is 328 g/mol. The van der Waals surface area contributed by atoms with Gasteiger partial charge in [-0.1, -0.05) is 32.9 Å². The molecule has 1 unspecified atom stereocenters. The van der Waals surface area contributed by atoms with E-state index in [0.29, 0.717) is 11.3 Å². The minimum Gasteiger partial charge on any atom is -0.497 e. The van der Waals surface area contributed by atoms with Crippen LogP contribution >= 0.6 is 11.3 Å². The summed E-state index contributed by atoms with van der Waals surface area (Å²) in [5.41, 5.74) is 0.526. The molecule has 1 amide bonds. The van der Waals surface area contributed by atoms with Crippen LogP contribution in [0.3, 0.4) is 0 Å². The number of hydrogen-bond acceptors (Lipinski definition) is 5. The number of carbonyl (C=O) groups is 2. The maximum absolute atomic E-state index is 12.3. The van der Waals surface area contributed by atoms with Gasteiger partial charge in [-0.3, -0.25) is 4.79 Å². The van der Waals surface area contributed by atoms with E-state index in [1.54, 1.807) is 29.6 Å². The standard InChI is InChI=1S/C17H20N2O4S/c1-17(2,3)16-18-12(9-24-16)14(20)19-13(15(21)22)10-5-7-11(23-4)8-6-10/h5-9,13H,1-4H3,(H,19,20)(H,21,22). The van der Waals surface area contributed by atoms with Crippen molar-refractivity contribution in [1.29, 1.82) is 0 Å². The first-order valence-corrected chi connectivity index (χ1v) is 8.24. The van der Waals surface area contributed by atoms with E-state index in [0.717, 1.165) is 5.01 Å². The van der Waals surface area contributed by atoms with Crippen molar-refractivity contribution in [2.24, 2.45) is 0 Å². The second-order valence-electron chi connectivity index (χ2n) is 6.31. The zero-order valence-electron chi connectivity index (χ0n) is 14.0. The number of benzene rings is 1. The highest BCUT2D eigenvalue weighted by atomic mass is 32.1. The van der Waals surface area contributed by atoms with E-state index >= 15 is 0 Å². The van der Waals surface area contributed by atoms with Crippen molar-refractivity contribution in [1.82, 2.24) is 10.3 Å². The van der Waals surface area contributed by atoms with Crippen LogP contribution in [0.4, 0.5) is 0 Å². The van der Waals surface area contributed by atoms with Gasteiger partial charge in [0, 0.05) is 10.8 Å². The number of nitrogens with one attached hydrogen (secondary N) is 1. The molecule has 1 aromatic carbocycles. The maximum Gasteiger partial charge on any atom is 0.330 e. The van der Waals surface area contributed by atoms with Gasteiger partial charge in [0.05, 0.1) is 12.1 Å². The minimum absolute atomic E-state index is 0.161. The van der Waals surface area contributed by atoms with Crippen LogP contribution in [0.2, 0.25) is 0 Å². The number of hydrogen-bond donors (Lipinski definition) is 2. The molecule has 1 atom stereocenters. The Kier molecular flexibility index (Phi) is 5.23. The molecular formula is C17H20N2O4S. The number of aromatic nitrogens is 1. The summed E-state index contributed by atoms with van der Waals surface area (Å²) in [5.74, 6) is -1.03. The summed E-state index contributed by atoms with van der Waals surface area (Å²) in [6.45, 7) is 6.01. The molecule has 0 bridgehead atoms. The van der Waals surface area contributed by atoms with Crippen LogP contribution in [0.15, 0.2) is 29.6 Å². The van der Waals surface area contributed by atoms with E-state index in [4.69, 9.17) is 4.74 Å². The van der Waals surface area contributed by atoms with Crippen LogP contribution in [0.1, 0.15) is 47.9 Å². The predicted molar refractivity (Wildman–Crippen MR) is 91.7 cm³/mol. The van der Waals surface area contributed by atoms with Gasteiger partial charge in [0.25, 0.3) is 5.91 Å². The Morgan fingerprint density at radius 1 is 1.25 bits per heavy atom. The van der Waals surface area contributed by atoms with E-state index in [9.17, 15) is 14.7 Å². The predicted octanol–water partition coefficient (Wildman–Crippen LogP) is 3.00. The Morgan fingerprint density at radius 2 is 1.88 bits per heavy atom. The number of thiazole rings is 1. The highest BCUT2D eigenvalue weighted by Gasteiger charge is 2.25. The fraction of sp³-hybridized carbons (Fsp3) is 0.353. The smallest absolute Gasteiger partial charge is 0.330 e. The molecule has 2 rings (SSSR count). The highest BCUT2D eigenvalue weighted by molar-refractivity contribution is 7.10. The SMILES string of the molecule is COc1ccc(C(NC(=O)c2csc(C(C)(C)C)n2)C(=O)O)cc1. The quantitative estimate of drug-likeness (QED) is 0.867. The average molecular weight is 348 g/mol. The molecule has 24 heavy (non-hydrogen) atoms. The molecule has 0 saturated carbocycles. The van der Waals surface area contributed by atoms with Crippen molar-refractivity contribution in [3.05, 3.63) is 45.9 Å². The molecule has 0 spiro atoms. The largest absolute Gasteiger partial charge is 0.497 e. The van der Waals surface area contributed by atoms with Gasteiger partial charge in [0.1, 0.15) is 11.4 Å². The Labute approximate surface area is 144 Å². The van der Waals surface area contributed by atoms with Gasteiger partial charge in [0.15, 0.2) is 6.04 Å². The van der Waals surface area contributed by atoms with E-state index in [1.165, 1.54) is 18.4 Å². The van der Waals surface area contributed by atoms with E-state index < -0.39 is 17.9 Å². The van der Waals surface area contributed by atoms with Crippen molar-refractivity contribution in [3.63, 3.8) is 0 Å². The Hall–Kier alpha value is -2.41. The van der Waals surface area contributed by atoms with Gasteiger partial charge in [-0.05, 0) is 17.7 Å². The Morgan fingerprint density at radius 3 is 2.33 bits per heavy atom. The van der Waals surface area contributed by atoms with Gasteiger partial charge >= 0.3 is 5.97 Å². The van der Waals surface area contributed by atoms with Crippen molar-refractivity contribution in [2.45, 2.75) is 32.2 Å². The van der Waals surface area contributed by atoms with Gasteiger partial charge in [0.2, 0.25) is 0 Å². The summed E-state index contributed by atoms with van der Waals surface area (Å²) in [6, 6.07) is 5.37. The molecule has 1 aromatic heterocycles. The lowest BCUT2D eigenvalue weighted by Crippen LogP contribution is -2.34. The van der Waals surface area contributed by atoms with Crippen molar-refractivity contribution < 1.29 is 19.4 Å². The second-order valence-corrected chi connectivity index (χ2v) is 7.16. The van der Waals surface area contributed by atoms with Crippen LogP contribution in [0, 0.1) is 0 Å². The molecule has 1 heterocycles. The lowest BCUT2D eigenvalue weighted by Gasteiger charge is -2.15. The number of carbonyl (C=O) groups excluding carboxylic acids is 1. The molecule has 7 heteroatoms. The summed E-state index contributed by atoms with van der Waals surface area (Å²) >= 11 is 1.39. The van der Waals surface area contributed by atoms with Crippen LogP contribution in [0.25, 0.3) is 0 Å². The maximum atomic E-state index is 12.3. The normalized spacial score (nSPS) is 12.5. The fourth-order valence-electron chi connectivity index (χ4n) is 2.01. The highest BCUT2D eigenvalue weighted by Crippen LogP contribution is 2.26.